The largest absolute Gasteiger partial charge is 0.490 e. The van der Waals surface area contributed by atoms with Crippen LogP contribution < -0.4 is 14.3 Å². The van der Waals surface area contributed by atoms with Crippen molar-refractivity contribution in [3.05, 3.63) is 71.8 Å². The number of benzene rings is 2. The monoisotopic (exact) mass is 397 g/mol. The highest BCUT2D eigenvalue weighted by Gasteiger charge is 2.32. The normalized spacial score (nSPS) is 10.2. The molecule has 0 aliphatic heterocycles. The molecule has 9 nitrogen and oxygen atoms in total. The predicted octanol–water partition coefficient (Wildman–Crippen LogP) is 2.31. The smallest absolute Gasteiger partial charge is 0.343 e. The van der Waals surface area contributed by atoms with E-state index in [0.29, 0.717) is 0 Å². The van der Waals surface area contributed by atoms with Crippen LogP contribution in [0.1, 0.15) is 27.6 Å². The van der Waals surface area contributed by atoms with E-state index < -0.39 is 41.2 Å². The van der Waals surface area contributed by atoms with Crippen LogP contribution in [0.15, 0.2) is 60.7 Å². The van der Waals surface area contributed by atoms with Gasteiger partial charge in [-0.2, -0.15) is 0 Å². The Balaban J connectivity index is 2.00. The molecule has 0 spiro atoms. The van der Waals surface area contributed by atoms with Crippen molar-refractivity contribution in [1.82, 2.24) is 4.73 Å². The minimum absolute atomic E-state index is 0.131. The Kier molecular flexibility index (Phi) is 5.49. The quantitative estimate of drug-likeness (QED) is 0.629. The lowest BCUT2D eigenvalue weighted by Crippen LogP contribution is -2.15. The topological polar surface area (TPSA) is 124 Å². The zero-order valence-electron chi connectivity index (χ0n) is 15.1. The molecule has 3 rings (SSSR count). The minimum Gasteiger partial charge on any atom is -0.490 e. The zero-order chi connectivity index (χ0) is 21.0. The number of nitrogens with zero attached hydrogens (tertiary/aromatic N) is 1. The Morgan fingerprint density at radius 3 is 1.45 bits per heavy atom. The molecule has 2 aromatic carbocycles. The molecule has 0 amide bonds. The summed E-state index contributed by atoms with van der Waals surface area (Å²) in [6, 6.07) is 15.6. The zero-order valence-corrected chi connectivity index (χ0v) is 15.1. The number of hydrogen-bond donors (Lipinski definition) is 2. The fourth-order valence-electron chi connectivity index (χ4n) is 2.34. The fourth-order valence-corrected chi connectivity index (χ4v) is 2.34. The minimum atomic E-state index is -0.946. The standard InChI is InChI=1S/C20H15NO8/c1-12(22)29-21-17(23)15(27-19(25)13-8-4-2-5-9-13)16(18(21)24)28-20(26)14-10-6-3-7-11-14/h2-11,23-24H,1H3. The van der Waals surface area contributed by atoms with Crippen LogP contribution in [-0.4, -0.2) is 32.9 Å². The van der Waals surface area contributed by atoms with Crippen LogP contribution in [-0.2, 0) is 4.79 Å². The molecule has 3 aromatic rings. The van der Waals surface area contributed by atoms with Gasteiger partial charge in [-0.25, -0.2) is 14.4 Å². The van der Waals surface area contributed by atoms with Gasteiger partial charge >= 0.3 is 17.9 Å². The lowest BCUT2D eigenvalue weighted by atomic mass is 10.2. The second-order valence-corrected chi connectivity index (χ2v) is 5.69. The van der Waals surface area contributed by atoms with Crippen molar-refractivity contribution in [3.63, 3.8) is 0 Å². The summed E-state index contributed by atoms with van der Waals surface area (Å²) in [5.74, 6) is -5.98. The van der Waals surface area contributed by atoms with Gasteiger partial charge in [0.2, 0.25) is 11.5 Å². The molecule has 0 radical (unpaired) electrons. The number of aromatic nitrogens is 1. The molecule has 1 aromatic heterocycles. The Labute approximate surface area is 164 Å². The van der Waals surface area contributed by atoms with Crippen LogP contribution in [0.3, 0.4) is 0 Å². The molecule has 1 heterocycles. The van der Waals surface area contributed by atoms with Gasteiger partial charge in [-0.1, -0.05) is 41.1 Å². The van der Waals surface area contributed by atoms with E-state index in [1.165, 1.54) is 24.3 Å². The molecular formula is C20H15NO8. The van der Waals surface area contributed by atoms with E-state index in [-0.39, 0.29) is 15.9 Å². The number of carbonyl (C=O) groups is 3. The van der Waals surface area contributed by atoms with Crippen LogP contribution in [0.25, 0.3) is 0 Å². The van der Waals surface area contributed by atoms with Crippen molar-refractivity contribution in [2.45, 2.75) is 6.92 Å². The highest BCUT2D eigenvalue weighted by atomic mass is 16.7. The number of hydrogen-bond acceptors (Lipinski definition) is 8. The number of aromatic hydroxyl groups is 2. The maximum Gasteiger partial charge on any atom is 0.343 e. The van der Waals surface area contributed by atoms with Gasteiger partial charge in [0.05, 0.1) is 11.1 Å². The predicted molar refractivity (Wildman–Crippen MR) is 97.8 cm³/mol. The molecule has 0 aliphatic rings. The van der Waals surface area contributed by atoms with Crippen molar-refractivity contribution >= 4 is 17.9 Å². The van der Waals surface area contributed by atoms with E-state index in [4.69, 9.17) is 9.47 Å². The fraction of sp³-hybridized carbons (Fsp3) is 0.0500. The first-order chi connectivity index (χ1) is 13.9. The summed E-state index contributed by atoms with van der Waals surface area (Å²) in [4.78, 5) is 40.6. The molecular weight excluding hydrogens is 382 g/mol. The van der Waals surface area contributed by atoms with Crippen molar-refractivity contribution in [1.29, 1.82) is 0 Å². The lowest BCUT2D eigenvalue weighted by molar-refractivity contribution is -0.142. The summed E-state index contributed by atoms with van der Waals surface area (Å²) in [5.41, 5.74) is 0.263. The van der Waals surface area contributed by atoms with Gasteiger partial charge in [0, 0.05) is 6.92 Å². The summed E-state index contributed by atoms with van der Waals surface area (Å²) in [6.07, 6.45) is 0. The Bertz CT molecular complexity index is 980. The number of carbonyl (C=O) groups excluding carboxylic acids is 3. The average molecular weight is 397 g/mol. The number of rotatable bonds is 5. The summed E-state index contributed by atoms with van der Waals surface area (Å²) in [5, 5.41) is 20.6. The highest BCUT2D eigenvalue weighted by Crippen LogP contribution is 2.47. The Morgan fingerprint density at radius 2 is 1.10 bits per heavy atom. The van der Waals surface area contributed by atoms with Gasteiger partial charge in [-0.05, 0) is 24.3 Å². The molecule has 0 fully saturated rings. The molecule has 0 saturated heterocycles. The molecule has 0 atom stereocenters. The van der Waals surface area contributed by atoms with Gasteiger partial charge in [-0.15, -0.1) is 0 Å². The van der Waals surface area contributed by atoms with Crippen LogP contribution in [0.4, 0.5) is 0 Å². The molecule has 148 valence electrons. The third-order valence-electron chi connectivity index (χ3n) is 3.63. The molecule has 29 heavy (non-hydrogen) atoms. The second kappa shape index (κ2) is 8.17. The third-order valence-corrected chi connectivity index (χ3v) is 3.63. The van der Waals surface area contributed by atoms with Crippen molar-refractivity contribution in [2.75, 3.05) is 0 Å². The third kappa shape index (κ3) is 4.19. The summed E-state index contributed by atoms with van der Waals surface area (Å²) < 4.78 is 10.5. The lowest BCUT2D eigenvalue weighted by Gasteiger charge is -2.07. The van der Waals surface area contributed by atoms with E-state index in [1.54, 1.807) is 36.4 Å². The number of ether oxygens (including phenoxy) is 2. The SMILES string of the molecule is CC(=O)On1c(O)c(OC(=O)c2ccccc2)c(OC(=O)c2ccccc2)c1O. The Hall–Kier alpha value is -4.27. The van der Waals surface area contributed by atoms with Crippen LogP contribution in [0.5, 0.6) is 23.3 Å². The van der Waals surface area contributed by atoms with E-state index >= 15 is 0 Å². The molecule has 0 bridgehead atoms. The van der Waals surface area contributed by atoms with E-state index in [1.807, 2.05) is 0 Å². The molecule has 0 saturated carbocycles. The summed E-state index contributed by atoms with van der Waals surface area (Å²) in [7, 11) is 0. The van der Waals surface area contributed by atoms with E-state index in [9.17, 15) is 24.6 Å². The first-order valence-electron chi connectivity index (χ1n) is 8.28. The van der Waals surface area contributed by atoms with Gasteiger partial charge in [0.25, 0.3) is 11.8 Å². The van der Waals surface area contributed by atoms with Gasteiger partial charge in [0.15, 0.2) is 0 Å². The molecule has 0 unspecified atom stereocenters. The van der Waals surface area contributed by atoms with Crippen molar-refractivity contribution < 1.29 is 38.9 Å². The first-order valence-corrected chi connectivity index (χ1v) is 8.28. The van der Waals surface area contributed by atoms with Crippen molar-refractivity contribution in [2.24, 2.45) is 0 Å². The molecule has 9 heteroatoms. The summed E-state index contributed by atoms with van der Waals surface area (Å²) in [6.45, 7) is 1.02. The first kappa shape index (κ1) is 19.5. The van der Waals surface area contributed by atoms with Gasteiger partial charge < -0.3 is 24.5 Å². The highest BCUT2D eigenvalue weighted by molar-refractivity contribution is 5.94. The maximum absolute atomic E-state index is 12.3. The Morgan fingerprint density at radius 1 is 0.724 bits per heavy atom. The average Bonchev–Trinajstić information content (AvgIpc) is 2.93. The van der Waals surface area contributed by atoms with E-state index in [0.717, 1.165) is 6.92 Å². The molecule has 0 aliphatic carbocycles. The van der Waals surface area contributed by atoms with Gasteiger partial charge in [-0.3, -0.25) is 0 Å². The van der Waals surface area contributed by atoms with Crippen LogP contribution in [0.2, 0.25) is 0 Å². The van der Waals surface area contributed by atoms with E-state index in [2.05, 4.69) is 4.84 Å². The van der Waals surface area contributed by atoms with Crippen LogP contribution >= 0.6 is 0 Å². The summed E-state index contributed by atoms with van der Waals surface area (Å²) >= 11 is 0. The number of esters is 2. The molecule has 2 N–H and O–H groups in total. The van der Waals surface area contributed by atoms with Crippen LogP contribution in [0, 0.1) is 0 Å². The van der Waals surface area contributed by atoms with Crippen molar-refractivity contribution in [3.8, 4) is 23.3 Å². The maximum atomic E-state index is 12.3. The van der Waals surface area contributed by atoms with Gasteiger partial charge in [0.1, 0.15) is 0 Å². The second-order valence-electron chi connectivity index (χ2n) is 5.69.